The van der Waals surface area contributed by atoms with Crippen LogP contribution >= 0.6 is 0 Å². The first kappa shape index (κ1) is 25.3. The molecule has 0 aliphatic carbocycles. The van der Waals surface area contributed by atoms with Gasteiger partial charge in [-0.05, 0) is 36.4 Å². The first-order chi connectivity index (χ1) is 17.0. The van der Waals surface area contributed by atoms with E-state index >= 15 is 0 Å². The lowest BCUT2D eigenvalue weighted by Gasteiger charge is -2.31. The molecule has 35 heavy (non-hydrogen) atoms. The summed E-state index contributed by atoms with van der Waals surface area (Å²) in [5.41, 5.74) is 0.591. The second-order valence-electron chi connectivity index (χ2n) is 7.44. The van der Waals surface area contributed by atoms with E-state index in [2.05, 4.69) is 0 Å². The third kappa shape index (κ3) is 7.09. The minimum Gasteiger partial charge on any atom is -0.454 e. The zero-order valence-corrected chi connectivity index (χ0v) is 18.7. The van der Waals surface area contributed by atoms with E-state index < -0.39 is 42.8 Å². The third-order valence-corrected chi connectivity index (χ3v) is 5.03. The normalized spacial score (nSPS) is 13.1. The van der Waals surface area contributed by atoms with E-state index in [9.17, 15) is 24.3 Å². The number of hydrogen-bond acceptors (Lipinski definition) is 8. The molecule has 0 aromatic heterocycles. The molecule has 3 aromatic carbocycles. The Labute approximate surface area is 202 Å². The maximum Gasteiger partial charge on any atom is 0.338 e. The predicted octanol–water partition coefficient (Wildman–Crippen LogP) is 3.24. The number of aldehydes is 1. The molecule has 0 heterocycles. The van der Waals surface area contributed by atoms with Crippen LogP contribution in [0, 0.1) is 0 Å². The van der Waals surface area contributed by atoms with E-state index in [1.807, 2.05) is 0 Å². The van der Waals surface area contributed by atoms with Gasteiger partial charge in [-0.15, -0.1) is 0 Å². The van der Waals surface area contributed by atoms with E-state index in [0.29, 0.717) is 6.29 Å². The standard InChI is InChI=1S/C27H24O8/c28-17-16-22(33-25(30)19-10-4-1-5-11-19)24(35-27(32)21-14-8-3-9-15-21)23(18-29)34-26(31)20-12-6-2-7-13-20/h1-15,17,22-24,29H,16,18H2/t22-,23-,24-/m1/s1. The van der Waals surface area contributed by atoms with Crippen molar-refractivity contribution in [3.05, 3.63) is 108 Å². The number of carbonyl (C=O) groups excluding carboxylic acids is 4. The molecule has 3 atom stereocenters. The third-order valence-electron chi connectivity index (χ3n) is 5.03. The highest BCUT2D eigenvalue weighted by Crippen LogP contribution is 2.20. The number of aliphatic hydroxyl groups is 1. The van der Waals surface area contributed by atoms with Crippen LogP contribution in [0.15, 0.2) is 91.0 Å². The largest absolute Gasteiger partial charge is 0.454 e. The summed E-state index contributed by atoms with van der Waals surface area (Å²) in [6.45, 7) is -0.760. The van der Waals surface area contributed by atoms with Crippen molar-refractivity contribution < 1.29 is 38.5 Å². The average molecular weight is 476 g/mol. The van der Waals surface area contributed by atoms with E-state index in [1.165, 1.54) is 36.4 Å². The van der Waals surface area contributed by atoms with Crippen molar-refractivity contribution >= 4 is 24.2 Å². The smallest absolute Gasteiger partial charge is 0.338 e. The van der Waals surface area contributed by atoms with Crippen LogP contribution in [0.4, 0.5) is 0 Å². The molecule has 0 bridgehead atoms. The topological polar surface area (TPSA) is 116 Å². The first-order valence-corrected chi connectivity index (χ1v) is 10.9. The van der Waals surface area contributed by atoms with Crippen LogP contribution in [0.2, 0.25) is 0 Å². The van der Waals surface area contributed by atoms with Gasteiger partial charge < -0.3 is 24.1 Å². The molecular formula is C27H24O8. The Balaban J connectivity index is 1.90. The first-order valence-electron chi connectivity index (χ1n) is 10.9. The molecule has 8 heteroatoms. The molecule has 3 aromatic rings. The Morgan fingerprint density at radius 2 is 1.00 bits per heavy atom. The quantitative estimate of drug-likeness (QED) is 0.255. The molecule has 0 aliphatic rings. The van der Waals surface area contributed by atoms with Crippen LogP contribution in [0.25, 0.3) is 0 Å². The highest BCUT2D eigenvalue weighted by atomic mass is 16.6. The summed E-state index contributed by atoms with van der Waals surface area (Å²) in [6.07, 6.45) is -4.12. The zero-order valence-electron chi connectivity index (χ0n) is 18.7. The van der Waals surface area contributed by atoms with Crippen LogP contribution in [-0.4, -0.2) is 54.2 Å². The van der Waals surface area contributed by atoms with Crippen LogP contribution < -0.4 is 0 Å². The van der Waals surface area contributed by atoms with Crippen molar-refractivity contribution in [1.82, 2.24) is 0 Å². The number of esters is 3. The lowest BCUT2D eigenvalue weighted by molar-refractivity contribution is -0.119. The molecule has 1 N–H and O–H groups in total. The number of ether oxygens (including phenoxy) is 3. The van der Waals surface area contributed by atoms with E-state index in [-0.39, 0.29) is 23.1 Å². The highest BCUT2D eigenvalue weighted by molar-refractivity contribution is 5.91. The molecule has 0 aliphatic heterocycles. The number of carbonyl (C=O) groups is 4. The van der Waals surface area contributed by atoms with Crippen molar-refractivity contribution in [2.24, 2.45) is 0 Å². The van der Waals surface area contributed by atoms with Gasteiger partial charge in [0.25, 0.3) is 0 Å². The molecule has 0 saturated carbocycles. The van der Waals surface area contributed by atoms with Gasteiger partial charge in [0.2, 0.25) is 0 Å². The highest BCUT2D eigenvalue weighted by Gasteiger charge is 2.38. The summed E-state index contributed by atoms with van der Waals surface area (Å²) in [5, 5.41) is 10.0. The Kier molecular flexibility index (Phi) is 9.27. The Morgan fingerprint density at radius 1 is 0.629 bits per heavy atom. The molecule has 0 fully saturated rings. The summed E-state index contributed by atoms with van der Waals surface area (Å²) in [5.74, 6) is -2.37. The minimum atomic E-state index is -1.47. The van der Waals surface area contributed by atoms with Gasteiger partial charge in [0.15, 0.2) is 12.2 Å². The van der Waals surface area contributed by atoms with Crippen LogP contribution in [-0.2, 0) is 19.0 Å². The summed E-state index contributed by atoms with van der Waals surface area (Å²) in [6, 6.07) is 24.0. The lowest BCUT2D eigenvalue weighted by atomic mass is 10.0. The van der Waals surface area contributed by atoms with Crippen molar-refractivity contribution in [3.8, 4) is 0 Å². The summed E-state index contributed by atoms with van der Waals surface area (Å²) in [4.78, 5) is 49.6. The SMILES string of the molecule is O=CC[C@@H](OC(=O)c1ccccc1)[C@@H](OC(=O)c1ccccc1)[C@@H](CO)OC(=O)c1ccccc1. The predicted molar refractivity (Wildman–Crippen MR) is 125 cm³/mol. The second kappa shape index (κ2) is 12.8. The molecule has 180 valence electrons. The zero-order chi connectivity index (χ0) is 25.0. The van der Waals surface area contributed by atoms with Gasteiger partial charge in [-0.25, -0.2) is 14.4 Å². The number of rotatable bonds is 11. The van der Waals surface area contributed by atoms with Gasteiger partial charge in [0, 0.05) is 6.42 Å². The molecular weight excluding hydrogens is 452 g/mol. The fourth-order valence-electron chi connectivity index (χ4n) is 3.27. The van der Waals surface area contributed by atoms with Gasteiger partial charge in [-0.1, -0.05) is 54.6 Å². The summed E-state index contributed by atoms with van der Waals surface area (Å²) in [7, 11) is 0. The molecule has 3 rings (SSSR count). The lowest BCUT2D eigenvalue weighted by Crippen LogP contribution is -2.47. The Hall–Kier alpha value is -4.30. The van der Waals surface area contributed by atoms with Gasteiger partial charge >= 0.3 is 17.9 Å². The fraction of sp³-hybridized carbons (Fsp3) is 0.185. The van der Waals surface area contributed by atoms with Crippen molar-refractivity contribution in [2.75, 3.05) is 6.61 Å². The van der Waals surface area contributed by atoms with Crippen LogP contribution in [0.3, 0.4) is 0 Å². The Bertz CT molecular complexity index is 1120. The fourth-order valence-corrected chi connectivity index (χ4v) is 3.27. The molecule has 8 nitrogen and oxygen atoms in total. The molecule has 0 radical (unpaired) electrons. The Morgan fingerprint density at radius 3 is 1.37 bits per heavy atom. The van der Waals surface area contributed by atoms with Crippen LogP contribution in [0.5, 0.6) is 0 Å². The number of benzene rings is 3. The maximum atomic E-state index is 12.8. The van der Waals surface area contributed by atoms with E-state index in [4.69, 9.17) is 14.2 Å². The van der Waals surface area contributed by atoms with Crippen molar-refractivity contribution in [3.63, 3.8) is 0 Å². The second-order valence-corrected chi connectivity index (χ2v) is 7.44. The van der Waals surface area contributed by atoms with E-state index in [0.717, 1.165) is 0 Å². The number of hydrogen-bond donors (Lipinski definition) is 1. The van der Waals surface area contributed by atoms with Crippen LogP contribution in [0.1, 0.15) is 37.5 Å². The van der Waals surface area contributed by atoms with Gasteiger partial charge in [-0.2, -0.15) is 0 Å². The summed E-state index contributed by atoms with van der Waals surface area (Å²) >= 11 is 0. The van der Waals surface area contributed by atoms with Gasteiger partial charge in [-0.3, -0.25) is 0 Å². The minimum absolute atomic E-state index is 0.183. The van der Waals surface area contributed by atoms with Crippen molar-refractivity contribution in [2.45, 2.75) is 24.7 Å². The maximum absolute atomic E-state index is 12.8. The average Bonchev–Trinajstić information content (AvgIpc) is 2.91. The molecule has 0 spiro atoms. The number of aliphatic hydroxyl groups excluding tert-OH is 1. The van der Waals surface area contributed by atoms with Gasteiger partial charge in [0.1, 0.15) is 12.4 Å². The van der Waals surface area contributed by atoms with Crippen molar-refractivity contribution in [1.29, 1.82) is 0 Å². The molecule has 0 saturated heterocycles. The van der Waals surface area contributed by atoms with E-state index in [1.54, 1.807) is 54.6 Å². The monoisotopic (exact) mass is 476 g/mol. The molecule has 0 amide bonds. The molecule has 0 unspecified atom stereocenters. The summed E-state index contributed by atoms with van der Waals surface area (Å²) < 4.78 is 16.5. The van der Waals surface area contributed by atoms with Gasteiger partial charge in [0.05, 0.1) is 23.3 Å².